The van der Waals surface area contributed by atoms with Crippen LogP contribution >= 0.6 is 0 Å². The quantitative estimate of drug-likeness (QED) is 0.677. The Labute approximate surface area is 73.3 Å². The Bertz CT molecular complexity index is 217. The largest absolute Gasteiger partial charge is 0.381 e. The third kappa shape index (κ3) is 2.43. The van der Waals surface area contributed by atoms with Gasteiger partial charge in [-0.3, -0.25) is 0 Å². The molecule has 0 bridgehead atoms. The van der Waals surface area contributed by atoms with Gasteiger partial charge in [-0.1, -0.05) is 0 Å². The molecule has 1 rings (SSSR count). The standard InChI is InChI=1S/C7H15NO3S/c1-8-12(9,10)7-3-2-5-11-6-4-7/h7-8H,2-6H2,1H3. The van der Waals surface area contributed by atoms with Crippen molar-refractivity contribution in [1.29, 1.82) is 0 Å². The second kappa shape index (κ2) is 4.20. The van der Waals surface area contributed by atoms with Crippen LogP contribution in [0.1, 0.15) is 19.3 Å². The molecule has 0 saturated carbocycles. The molecule has 4 nitrogen and oxygen atoms in total. The summed E-state index contributed by atoms with van der Waals surface area (Å²) >= 11 is 0. The molecule has 0 spiro atoms. The average Bonchev–Trinajstić information content (AvgIpc) is 2.32. The van der Waals surface area contributed by atoms with Crippen LogP contribution in [0, 0.1) is 0 Å². The van der Waals surface area contributed by atoms with E-state index in [0.717, 1.165) is 6.42 Å². The van der Waals surface area contributed by atoms with E-state index in [9.17, 15) is 8.42 Å². The summed E-state index contributed by atoms with van der Waals surface area (Å²) in [6, 6.07) is 0. The molecular formula is C7H15NO3S. The van der Waals surface area contributed by atoms with Gasteiger partial charge in [0.1, 0.15) is 0 Å². The molecule has 1 aliphatic rings. The van der Waals surface area contributed by atoms with Crippen molar-refractivity contribution in [2.45, 2.75) is 24.5 Å². The van der Waals surface area contributed by atoms with E-state index in [4.69, 9.17) is 4.74 Å². The van der Waals surface area contributed by atoms with Gasteiger partial charge in [0.2, 0.25) is 10.0 Å². The van der Waals surface area contributed by atoms with Gasteiger partial charge in [-0.25, -0.2) is 13.1 Å². The van der Waals surface area contributed by atoms with Crippen LogP contribution in [0.15, 0.2) is 0 Å². The summed E-state index contributed by atoms with van der Waals surface area (Å²) in [5, 5.41) is -0.259. The molecule has 0 aliphatic carbocycles. The summed E-state index contributed by atoms with van der Waals surface area (Å²) in [7, 11) is -1.62. The van der Waals surface area contributed by atoms with Crippen molar-refractivity contribution in [2.24, 2.45) is 0 Å². The normalized spacial score (nSPS) is 26.6. The molecule has 0 amide bonds. The van der Waals surface area contributed by atoms with Crippen LogP contribution < -0.4 is 4.72 Å². The molecular weight excluding hydrogens is 178 g/mol. The van der Waals surface area contributed by atoms with E-state index in [1.165, 1.54) is 7.05 Å². The highest BCUT2D eigenvalue weighted by Crippen LogP contribution is 2.14. The number of hydrogen-bond donors (Lipinski definition) is 1. The van der Waals surface area contributed by atoms with Crippen molar-refractivity contribution < 1.29 is 13.2 Å². The zero-order valence-corrected chi connectivity index (χ0v) is 8.06. The van der Waals surface area contributed by atoms with Crippen molar-refractivity contribution in [3.8, 4) is 0 Å². The second-order valence-corrected chi connectivity index (χ2v) is 5.08. The Morgan fingerprint density at radius 1 is 1.33 bits per heavy atom. The Kier molecular flexibility index (Phi) is 3.49. The first-order chi connectivity index (χ1) is 5.67. The Morgan fingerprint density at radius 2 is 2.08 bits per heavy atom. The first kappa shape index (κ1) is 9.95. The number of sulfonamides is 1. The molecule has 1 heterocycles. The summed E-state index contributed by atoms with van der Waals surface area (Å²) < 4.78 is 30.2. The van der Waals surface area contributed by atoms with Crippen molar-refractivity contribution in [2.75, 3.05) is 20.3 Å². The van der Waals surface area contributed by atoms with Crippen molar-refractivity contribution >= 4 is 10.0 Å². The molecule has 0 aromatic carbocycles. The first-order valence-electron chi connectivity index (χ1n) is 4.17. The lowest BCUT2D eigenvalue weighted by Crippen LogP contribution is -2.31. The molecule has 0 aromatic heterocycles. The highest BCUT2D eigenvalue weighted by Gasteiger charge is 2.24. The van der Waals surface area contributed by atoms with E-state index in [1.807, 2.05) is 0 Å². The lowest BCUT2D eigenvalue weighted by atomic mass is 10.2. The fraction of sp³-hybridized carbons (Fsp3) is 1.00. The summed E-state index contributed by atoms with van der Waals surface area (Å²) in [4.78, 5) is 0. The zero-order valence-electron chi connectivity index (χ0n) is 7.25. The minimum absolute atomic E-state index is 0.259. The molecule has 0 aromatic rings. The van der Waals surface area contributed by atoms with Gasteiger partial charge in [-0.05, 0) is 26.3 Å². The Hall–Kier alpha value is -0.130. The minimum Gasteiger partial charge on any atom is -0.381 e. The molecule has 0 radical (unpaired) electrons. The summed E-state index contributed by atoms with van der Waals surface area (Å²) in [6.07, 6.45) is 2.16. The van der Waals surface area contributed by atoms with Gasteiger partial charge in [-0.2, -0.15) is 0 Å². The maximum Gasteiger partial charge on any atom is 0.214 e. The predicted octanol–water partition coefficient (Wildman–Crippen LogP) is 0.105. The third-order valence-corrected chi connectivity index (χ3v) is 4.04. The SMILES string of the molecule is CNS(=O)(=O)C1CCCOCC1. The summed E-state index contributed by atoms with van der Waals surface area (Å²) in [5.41, 5.74) is 0. The lowest BCUT2D eigenvalue weighted by Gasteiger charge is -2.12. The van der Waals surface area contributed by atoms with Gasteiger partial charge in [0.25, 0.3) is 0 Å². The first-order valence-corrected chi connectivity index (χ1v) is 5.71. The third-order valence-electron chi connectivity index (χ3n) is 2.12. The van der Waals surface area contributed by atoms with Gasteiger partial charge < -0.3 is 4.74 Å². The van der Waals surface area contributed by atoms with Gasteiger partial charge >= 0.3 is 0 Å². The average molecular weight is 193 g/mol. The van der Waals surface area contributed by atoms with Crippen molar-refractivity contribution in [3.05, 3.63) is 0 Å². The zero-order chi connectivity index (χ0) is 9.03. The Balaban J connectivity index is 2.60. The van der Waals surface area contributed by atoms with E-state index in [1.54, 1.807) is 0 Å². The van der Waals surface area contributed by atoms with Crippen molar-refractivity contribution in [1.82, 2.24) is 4.72 Å². The molecule has 5 heteroatoms. The van der Waals surface area contributed by atoms with Crippen LogP contribution in [0.3, 0.4) is 0 Å². The fourth-order valence-electron chi connectivity index (χ4n) is 1.35. The molecule has 1 aliphatic heterocycles. The molecule has 12 heavy (non-hydrogen) atoms. The smallest absolute Gasteiger partial charge is 0.214 e. The summed E-state index contributed by atoms with van der Waals surface area (Å²) in [6.45, 7) is 1.25. The molecule has 1 fully saturated rings. The highest BCUT2D eigenvalue weighted by atomic mass is 32.2. The van der Waals surface area contributed by atoms with Crippen LogP contribution in [0.25, 0.3) is 0 Å². The topological polar surface area (TPSA) is 55.4 Å². The fourth-order valence-corrected chi connectivity index (χ4v) is 2.57. The second-order valence-electron chi connectivity index (χ2n) is 2.91. The molecule has 1 atom stereocenters. The van der Waals surface area contributed by atoms with E-state index in [2.05, 4.69) is 4.72 Å². The molecule has 1 unspecified atom stereocenters. The predicted molar refractivity (Wildman–Crippen MR) is 46.4 cm³/mol. The number of rotatable bonds is 2. The van der Waals surface area contributed by atoms with E-state index >= 15 is 0 Å². The van der Waals surface area contributed by atoms with E-state index in [-0.39, 0.29) is 5.25 Å². The highest BCUT2D eigenvalue weighted by molar-refractivity contribution is 7.90. The molecule has 72 valence electrons. The monoisotopic (exact) mass is 193 g/mol. The number of ether oxygens (including phenoxy) is 1. The van der Waals surface area contributed by atoms with Gasteiger partial charge in [0, 0.05) is 13.2 Å². The van der Waals surface area contributed by atoms with Crippen molar-refractivity contribution in [3.63, 3.8) is 0 Å². The maximum atomic E-state index is 11.3. The Morgan fingerprint density at radius 3 is 2.75 bits per heavy atom. The van der Waals surface area contributed by atoms with E-state index < -0.39 is 10.0 Å². The van der Waals surface area contributed by atoms with E-state index in [0.29, 0.717) is 26.1 Å². The van der Waals surface area contributed by atoms with Gasteiger partial charge in [0.15, 0.2) is 0 Å². The van der Waals surface area contributed by atoms with Crippen LogP contribution in [0.4, 0.5) is 0 Å². The summed E-state index contributed by atoms with van der Waals surface area (Å²) in [5.74, 6) is 0. The van der Waals surface area contributed by atoms with Gasteiger partial charge in [-0.15, -0.1) is 0 Å². The van der Waals surface area contributed by atoms with Crippen LogP contribution in [0.2, 0.25) is 0 Å². The van der Waals surface area contributed by atoms with Gasteiger partial charge in [0.05, 0.1) is 5.25 Å². The van der Waals surface area contributed by atoms with Crippen LogP contribution in [-0.2, 0) is 14.8 Å². The van der Waals surface area contributed by atoms with Crippen LogP contribution in [0.5, 0.6) is 0 Å². The molecule has 1 N–H and O–H groups in total. The minimum atomic E-state index is -3.07. The molecule has 1 saturated heterocycles. The van der Waals surface area contributed by atoms with Crippen LogP contribution in [-0.4, -0.2) is 33.9 Å². The number of hydrogen-bond acceptors (Lipinski definition) is 3. The maximum absolute atomic E-state index is 11.3. The lowest BCUT2D eigenvalue weighted by molar-refractivity contribution is 0.144. The number of nitrogens with one attached hydrogen (secondary N) is 1.